The second-order valence-corrected chi connectivity index (χ2v) is 8.36. The summed E-state index contributed by atoms with van der Waals surface area (Å²) < 4.78 is 31.8. The molecule has 8 nitrogen and oxygen atoms in total. The fourth-order valence-electron chi connectivity index (χ4n) is 2.88. The molecule has 0 unspecified atom stereocenters. The Morgan fingerprint density at radius 2 is 1.81 bits per heavy atom. The van der Waals surface area contributed by atoms with Gasteiger partial charge < -0.3 is 14.9 Å². The second-order valence-electron chi connectivity index (χ2n) is 6.42. The molecule has 1 fully saturated rings. The lowest BCUT2D eigenvalue weighted by molar-refractivity contribution is -0.364. The lowest BCUT2D eigenvalue weighted by Crippen LogP contribution is -2.41. The molecule has 0 spiro atoms. The van der Waals surface area contributed by atoms with Crippen LogP contribution in [0.2, 0.25) is 0 Å². The zero-order chi connectivity index (χ0) is 19.4. The number of phenols is 1. The first-order valence-corrected chi connectivity index (χ1v) is 10.1. The molecule has 0 aliphatic carbocycles. The number of hydrogen-bond donors (Lipinski definition) is 3. The number of aliphatic hydroxyl groups excluding tert-OH is 1. The van der Waals surface area contributed by atoms with Crippen molar-refractivity contribution >= 4 is 15.8 Å². The van der Waals surface area contributed by atoms with Gasteiger partial charge in [-0.15, -0.1) is 0 Å². The van der Waals surface area contributed by atoms with Gasteiger partial charge in [-0.25, -0.2) is 13.4 Å². The number of pyridine rings is 1. The molecule has 4 N–H and O–H groups in total. The molecule has 2 atom stereocenters. The van der Waals surface area contributed by atoms with Gasteiger partial charge in [0.2, 0.25) is 10.0 Å². The maximum Gasteiger partial charge on any atom is 0.272 e. The third-order valence-corrected chi connectivity index (χ3v) is 6.38. The number of phenolic OH excluding ortho intramolecular Hbond substituents is 1. The van der Waals surface area contributed by atoms with Crippen LogP contribution in [0.15, 0.2) is 47.5 Å². The topological polar surface area (TPSA) is 113 Å². The molecule has 1 aliphatic rings. The number of aromatic nitrogens is 1. The molecule has 0 radical (unpaired) electrons. The van der Waals surface area contributed by atoms with Crippen molar-refractivity contribution in [2.75, 3.05) is 31.6 Å². The van der Waals surface area contributed by atoms with Crippen LogP contribution in [0.4, 0.5) is 5.82 Å². The van der Waals surface area contributed by atoms with Gasteiger partial charge in [-0.3, -0.25) is 5.32 Å². The molecule has 0 bridgehead atoms. The van der Waals surface area contributed by atoms with Crippen molar-refractivity contribution in [1.29, 1.82) is 0 Å². The fraction of sp³-hybridized carbons (Fsp3) is 0.389. The quantitative estimate of drug-likeness (QED) is 0.667. The Morgan fingerprint density at radius 3 is 2.41 bits per heavy atom. The van der Waals surface area contributed by atoms with Gasteiger partial charge in [-0.2, -0.15) is 4.31 Å². The first-order chi connectivity index (χ1) is 12.9. The number of morpholine rings is 1. The molecule has 1 saturated heterocycles. The SMILES string of the molecule is C[C@@H](Nc1ccc(S(=O)(=O)N2CCOCC2)c[nH+]1)[C@H](O)c1ccc(O)cc1. The van der Waals surface area contributed by atoms with Crippen LogP contribution in [-0.4, -0.2) is 55.3 Å². The molecule has 1 aromatic heterocycles. The van der Waals surface area contributed by atoms with Crippen molar-refractivity contribution in [1.82, 2.24) is 4.31 Å². The van der Waals surface area contributed by atoms with E-state index in [1.54, 1.807) is 18.2 Å². The summed E-state index contributed by atoms with van der Waals surface area (Å²) in [6.45, 7) is 3.30. The van der Waals surface area contributed by atoms with E-state index in [0.717, 1.165) is 0 Å². The van der Waals surface area contributed by atoms with E-state index >= 15 is 0 Å². The Balaban J connectivity index is 1.67. The highest BCUT2D eigenvalue weighted by Crippen LogP contribution is 2.22. The Hall–Kier alpha value is -2.20. The smallest absolute Gasteiger partial charge is 0.272 e. The fourth-order valence-corrected chi connectivity index (χ4v) is 4.26. The lowest BCUT2D eigenvalue weighted by atomic mass is 10.0. The van der Waals surface area contributed by atoms with Gasteiger partial charge in [0.15, 0.2) is 0 Å². The highest BCUT2D eigenvalue weighted by molar-refractivity contribution is 7.89. The van der Waals surface area contributed by atoms with Crippen LogP contribution in [0.1, 0.15) is 18.6 Å². The zero-order valence-electron chi connectivity index (χ0n) is 15.0. The number of ether oxygens (including phenoxy) is 1. The predicted molar refractivity (Wildman–Crippen MR) is 98.7 cm³/mol. The summed E-state index contributed by atoms with van der Waals surface area (Å²) in [5.74, 6) is 0.721. The summed E-state index contributed by atoms with van der Waals surface area (Å²) in [5.41, 5.74) is 0.666. The molecular formula is C18H24N3O5S+. The van der Waals surface area contributed by atoms with Crippen molar-refractivity contribution in [3.05, 3.63) is 48.2 Å². The normalized spacial score (nSPS) is 18.0. The number of nitrogens with zero attached hydrogens (tertiary/aromatic N) is 1. The van der Waals surface area contributed by atoms with Crippen molar-refractivity contribution < 1.29 is 28.4 Å². The minimum absolute atomic E-state index is 0.136. The molecule has 2 aromatic rings. The van der Waals surface area contributed by atoms with E-state index in [9.17, 15) is 18.6 Å². The maximum absolute atomic E-state index is 12.6. The Kier molecular flexibility index (Phi) is 5.95. The minimum Gasteiger partial charge on any atom is -0.508 e. The van der Waals surface area contributed by atoms with Gasteiger partial charge in [0.05, 0.1) is 13.2 Å². The lowest BCUT2D eigenvalue weighted by Gasteiger charge is -2.25. The molecule has 3 rings (SSSR count). The molecular weight excluding hydrogens is 370 g/mol. The zero-order valence-corrected chi connectivity index (χ0v) is 15.8. The van der Waals surface area contributed by atoms with E-state index in [-0.39, 0.29) is 16.7 Å². The average molecular weight is 394 g/mol. The summed E-state index contributed by atoms with van der Waals surface area (Å²) in [4.78, 5) is 3.11. The van der Waals surface area contributed by atoms with Gasteiger partial charge in [-0.05, 0) is 30.7 Å². The minimum atomic E-state index is -3.55. The van der Waals surface area contributed by atoms with Crippen LogP contribution in [0.25, 0.3) is 0 Å². The Morgan fingerprint density at radius 1 is 1.15 bits per heavy atom. The predicted octanol–water partition coefficient (Wildman–Crippen LogP) is 0.761. The van der Waals surface area contributed by atoms with E-state index < -0.39 is 16.1 Å². The molecule has 9 heteroatoms. The first kappa shape index (κ1) is 19.6. The van der Waals surface area contributed by atoms with Crippen LogP contribution in [-0.2, 0) is 14.8 Å². The third-order valence-electron chi connectivity index (χ3n) is 4.48. The molecule has 27 heavy (non-hydrogen) atoms. The summed E-state index contributed by atoms with van der Waals surface area (Å²) in [6, 6.07) is 9.16. The number of anilines is 1. The molecule has 1 aliphatic heterocycles. The van der Waals surface area contributed by atoms with Crippen LogP contribution in [0.5, 0.6) is 5.75 Å². The standard InChI is InChI=1S/C18H23N3O5S/c1-13(18(23)14-2-4-15(22)5-3-14)20-17-7-6-16(12-19-17)27(24,25)21-8-10-26-11-9-21/h2-7,12-13,18,22-23H,8-11H2,1H3,(H,19,20)/p+1/t13-,18+/m1/s1. The third kappa shape index (κ3) is 4.56. The molecule has 146 valence electrons. The number of benzene rings is 1. The number of nitrogens with one attached hydrogen (secondary N) is 2. The summed E-state index contributed by atoms with van der Waals surface area (Å²) in [5, 5.41) is 22.9. The van der Waals surface area contributed by atoms with E-state index in [0.29, 0.717) is 37.7 Å². The number of hydrogen-bond acceptors (Lipinski definition) is 6. The summed E-state index contributed by atoms with van der Waals surface area (Å²) >= 11 is 0. The molecule has 0 amide bonds. The van der Waals surface area contributed by atoms with Crippen LogP contribution in [0.3, 0.4) is 0 Å². The van der Waals surface area contributed by atoms with Crippen LogP contribution in [0, 0.1) is 0 Å². The molecule has 2 heterocycles. The summed E-state index contributed by atoms with van der Waals surface area (Å²) in [6.07, 6.45) is 0.642. The highest BCUT2D eigenvalue weighted by atomic mass is 32.2. The monoisotopic (exact) mass is 394 g/mol. The van der Waals surface area contributed by atoms with Crippen molar-refractivity contribution in [2.24, 2.45) is 0 Å². The van der Waals surface area contributed by atoms with Crippen molar-refractivity contribution in [3.63, 3.8) is 0 Å². The second kappa shape index (κ2) is 8.22. The van der Waals surface area contributed by atoms with Gasteiger partial charge in [-0.1, -0.05) is 12.1 Å². The van der Waals surface area contributed by atoms with E-state index in [4.69, 9.17) is 4.74 Å². The van der Waals surface area contributed by atoms with Crippen LogP contribution >= 0.6 is 0 Å². The highest BCUT2D eigenvalue weighted by Gasteiger charge is 2.28. The number of sulfonamides is 1. The van der Waals surface area contributed by atoms with Gasteiger partial charge in [0, 0.05) is 19.2 Å². The van der Waals surface area contributed by atoms with Crippen molar-refractivity contribution in [3.8, 4) is 5.75 Å². The van der Waals surface area contributed by atoms with Gasteiger partial charge in [0.1, 0.15) is 29.0 Å². The average Bonchev–Trinajstić information content (AvgIpc) is 2.69. The van der Waals surface area contributed by atoms with Gasteiger partial charge >= 0.3 is 0 Å². The van der Waals surface area contributed by atoms with E-state index in [2.05, 4.69) is 10.3 Å². The number of H-pyrrole nitrogens is 1. The molecule has 1 aromatic carbocycles. The summed E-state index contributed by atoms with van der Waals surface area (Å²) in [7, 11) is -3.55. The van der Waals surface area contributed by atoms with Crippen LogP contribution < -0.4 is 10.3 Å². The number of aromatic amines is 1. The largest absolute Gasteiger partial charge is 0.508 e. The number of rotatable bonds is 6. The number of aliphatic hydroxyl groups is 1. The van der Waals surface area contributed by atoms with Gasteiger partial charge in [0.25, 0.3) is 5.82 Å². The Labute approximate surface area is 158 Å². The number of aromatic hydroxyl groups is 1. The van der Waals surface area contributed by atoms with E-state index in [1.165, 1.54) is 28.7 Å². The Bertz CT molecular complexity index is 850. The first-order valence-electron chi connectivity index (χ1n) is 8.71. The van der Waals surface area contributed by atoms with E-state index in [1.807, 2.05) is 6.92 Å². The molecule has 0 saturated carbocycles. The van der Waals surface area contributed by atoms with Crippen molar-refractivity contribution in [2.45, 2.75) is 24.0 Å². The maximum atomic E-state index is 12.6.